The molecule has 12 heteroatoms. The molecule has 4 heterocycles. The van der Waals surface area contributed by atoms with E-state index in [1.165, 1.54) is 0 Å². The molecule has 0 aromatic carbocycles. The molecule has 168 valence electrons. The summed E-state index contributed by atoms with van der Waals surface area (Å²) in [7, 11) is 0. The molecule has 2 aliphatic heterocycles. The van der Waals surface area contributed by atoms with Gasteiger partial charge in [-0.15, -0.1) is 0 Å². The van der Waals surface area contributed by atoms with Gasteiger partial charge in [-0.1, -0.05) is 0 Å². The van der Waals surface area contributed by atoms with Crippen molar-refractivity contribution in [2.24, 2.45) is 0 Å². The van der Waals surface area contributed by atoms with Crippen LogP contribution in [0.2, 0.25) is 0 Å². The van der Waals surface area contributed by atoms with Crippen molar-refractivity contribution in [1.82, 2.24) is 19.9 Å². The molecular weight excluding hydrogens is 415 g/mol. The molecular formula is C19H24F3N7O2. The summed E-state index contributed by atoms with van der Waals surface area (Å²) in [5.74, 6) is 0.283. The Kier molecular flexibility index (Phi) is 5.84. The standard InChI is InChI=1S/C19H24F3N7O2/c1-11-9-31-10-12(2)29(11)18-26-16(25-17(27-18)28-3-5-30-6-4-28)13-8-24-15(23)7-14(13)19(20,21)22/h7-8,11-12H,3-6,9-10H2,1-2H3,(H2,23,24)/t11-,12-/m1/s1. The van der Waals surface area contributed by atoms with Gasteiger partial charge in [0.15, 0.2) is 5.82 Å². The van der Waals surface area contributed by atoms with Crippen molar-refractivity contribution in [3.8, 4) is 11.4 Å². The highest BCUT2D eigenvalue weighted by Gasteiger charge is 2.36. The number of pyridine rings is 1. The van der Waals surface area contributed by atoms with Gasteiger partial charge < -0.3 is 25.0 Å². The molecule has 0 saturated carbocycles. The first-order chi connectivity index (χ1) is 14.7. The second-order valence-electron chi connectivity index (χ2n) is 7.65. The number of morpholine rings is 2. The third kappa shape index (κ3) is 4.49. The van der Waals surface area contributed by atoms with Crippen molar-refractivity contribution in [3.05, 3.63) is 17.8 Å². The molecule has 0 aliphatic carbocycles. The fraction of sp³-hybridized carbons (Fsp3) is 0.579. The Hall–Kier alpha value is -2.73. The van der Waals surface area contributed by atoms with Crippen molar-refractivity contribution in [2.45, 2.75) is 32.1 Å². The van der Waals surface area contributed by atoms with Gasteiger partial charge >= 0.3 is 6.18 Å². The second kappa shape index (κ2) is 8.42. The molecule has 0 bridgehead atoms. The number of ether oxygens (including phenoxy) is 2. The van der Waals surface area contributed by atoms with Crippen molar-refractivity contribution >= 4 is 17.7 Å². The summed E-state index contributed by atoms with van der Waals surface area (Å²) in [4.78, 5) is 21.1. The zero-order valence-electron chi connectivity index (χ0n) is 17.3. The molecule has 9 nitrogen and oxygen atoms in total. The van der Waals surface area contributed by atoms with Gasteiger partial charge in [-0.05, 0) is 19.9 Å². The molecule has 2 aromatic heterocycles. The fourth-order valence-electron chi connectivity index (χ4n) is 3.78. The highest BCUT2D eigenvalue weighted by atomic mass is 19.4. The van der Waals surface area contributed by atoms with Crippen molar-refractivity contribution in [2.75, 3.05) is 55.1 Å². The van der Waals surface area contributed by atoms with Crippen LogP contribution < -0.4 is 15.5 Å². The van der Waals surface area contributed by atoms with Crippen LogP contribution in [0.1, 0.15) is 19.4 Å². The minimum Gasteiger partial charge on any atom is -0.384 e. The topological polar surface area (TPSA) is 103 Å². The average Bonchev–Trinajstić information content (AvgIpc) is 2.73. The number of aromatic nitrogens is 4. The lowest BCUT2D eigenvalue weighted by Crippen LogP contribution is -2.50. The van der Waals surface area contributed by atoms with E-state index < -0.39 is 11.7 Å². The summed E-state index contributed by atoms with van der Waals surface area (Å²) in [6.45, 7) is 6.88. The summed E-state index contributed by atoms with van der Waals surface area (Å²) in [5.41, 5.74) is 4.34. The van der Waals surface area contributed by atoms with Gasteiger partial charge in [-0.25, -0.2) is 4.98 Å². The highest BCUT2D eigenvalue weighted by molar-refractivity contribution is 5.64. The number of hydrogen-bond donors (Lipinski definition) is 1. The van der Waals surface area contributed by atoms with Crippen LogP contribution in [0, 0.1) is 0 Å². The largest absolute Gasteiger partial charge is 0.417 e. The van der Waals surface area contributed by atoms with E-state index in [9.17, 15) is 13.2 Å². The highest BCUT2D eigenvalue weighted by Crippen LogP contribution is 2.37. The van der Waals surface area contributed by atoms with E-state index in [4.69, 9.17) is 15.2 Å². The first-order valence-electron chi connectivity index (χ1n) is 10.0. The zero-order valence-corrected chi connectivity index (χ0v) is 17.3. The second-order valence-corrected chi connectivity index (χ2v) is 7.65. The molecule has 0 amide bonds. The predicted molar refractivity (Wildman–Crippen MR) is 108 cm³/mol. The summed E-state index contributed by atoms with van der Waals surface area (Å²) in [6, 6.07) is 0.694. The Morgan fingerprint density at radius 2 is 1.65 bits per heavy atom. The molecule has 0 radical (unpaired) electrons. The molecule has 31 heavy (non-hydrogen) atoms. The molecule has 0 unspecified atom stereocenters. The van der Waals surface area contributed by atoms with E-state index in [1.54, 1.807) is 0 Å². The van der Waals surface area contributed by atoms with E-state index in [-0.39, 0.29) is 29.3 Å². The predicted octanol–water partition coefficient (Wildman–Crippen LogP) is 1.98. The first kappa shape index (κ1) is 21.5. The van der Waals surface area contributed by atoms with Crippen LogP contribution in [0.15, 0.2) is 12.3 Å². The maximum atomic E-state index is 13.7. The van der Waals surface area contributed by atoms with Crippen LogP contribution in [0.3, 0.4) is 0 Å². The SMILES string of the molecule is C[C@@H]1COC[C@@H](C)N1c1nc(-c2cnc(N)cc2C(F)(F)F)nc(N2CCOCC2)n1. The normalized spacial score (nSPS) is 22.6. The third-order valence-corrected chi connectivity index (χ3v) is 5.28. The van der Waals surface area contributed by atoms with Gasteiger partial charge in [-0.3, -0.25) is 0 Å². The van der Waals surface area contributed by atoms with Crippen LogP contribution in [0.25, 0.3) is 11.4 Å². The van der Waals surface area contributed by atoms with Crippen LogP contribution in [-0.2, 0) is 15.7 Å². The third-order valence-electron chi connectivity index (χ3n) is 5.28. The number of alkyl halides is 3. The molecule has 4 rings (SSSR count). The summed E-state index contributed by atoms with van der Waals surface area (Å²) < 4.78 is 52.2. The summed E-state index contributed by atoms with van der Waals surface area (Å²) in [6.07, 6.45) is -3.58. The monoisotopic (exact) mass is 439 g/mol. The van der Waals surface area contributed by atoms with Crippen molar-refractivity contribution < 1.29 is 22.6 Å². The number of halogens is 3. The number of hydrogen-bond acceptors (Lipinski definition) is 9. The lowest BCUT2D eigenvalue weighted by atomic mass is 10.1. The number of nitrogen functional groups attached to an aromatic ring is 1. The van der Waals surface area contributed by atoms with Gasteiger partial charge in [0.05, 0.1) is 49.6 Å². The van der Waals surface area contributed by atoms with Crippen molar-refractivity contribution in [1.29, 1.82) is 0 Å². The van der Waals surface area contributed by atoms with E-state index in [2.05, 4.69) is 19.9 Å². The van der Waals surface area contributed by atoms with Gasteiger partial charge in [0.1, 0.15) is 5.82 Å². The Morgan fingerprint density at radius 1 is 1.00 bits per heavy atom. The Morgan fingerprint density at radius 3 is 2.29 bits per heavy atom. The van der Waals surface area contributed by atoms with Gasteiger partial charge in [0.2, 0.25) is 11.9 Å². The average molecular weight is 439 g/mol. The molecule has 2 saturated heterocycles. The van der Waals surface area contributed by atoms with Crippen LogP contribution in [0.5, 0.6) is 0 Å². The lowest BCUT2D eigenvalue weighted by molar-refractivity contribution is -0.137. The quantitative estimate of drug-likeness (QED) is 0.769. The van der Waals surface area contributed by atoms with Gasteiger partial charge in [0.25, 0.3) is 0 Å². The molecule has 2 fully saturated rings. The maximum Gasteiger partial charge on any atom is 0.417 e. The molecule has 2 atom stereocenters. The van der Waals surface area contributed by atoms with Gasteiger partial charge in [-0.2, -0.15) is 28.1 Å². The smallest absolute Gasteiger partial charge is 0.384 e. The number of anilines is 3. The number of nitrogens with zero attached hydrogens (tertiary/aromatic N) is 6. The van der Waals surface area contributed by atoms with E-state index in [0.717, 1.165) is 12.3 Å². The minimum absolute atomic E-state index is 0.0526. The lowest BCUT2D eigenvalue weighted by Gasteiger charge is -2.39. The minimum atomic E-state index is -4.64. The first-order valence-corrected chi connectivity index (χ1v) is 10.0. The Labute approximate surface area is 177 Å². The number of nitrogens with two attached hydrogens (primary N) is 1. The maximum absolute atomic E-state index is 13.7. The van der Waals surface area contributed by atoms with Gasteiger partial charge in [0, 0.05) is 19.3 Å². The Balaban J connectivity index is 1.86. The van der Waals surface area contributed by atoms with Crippen LogP contribution in [-0.4, -0.2) is 71.5 Å². The molecule has 2 aromatic rings. The zero-order chi connectivity index (χ0) is 22.2. The fourth-order valence-corrected chi connectivity index (χ4v) is 3.78. The number of rotatable bonds is 3. The van der Waals surface area contributed by atoms with E-state index in [0.29, 0.717) is 51.4 Å². The van der Waals surface area contributed by atoms with E-state index in [1.807, 2.05) is 23.6 Å². The molecule has 2 N–H and O–H groups in total. The summed E-state index contributed by atoms with van der Waals surface area (Å²) in [5, 5.41) is 0. The van der Waals surface area contributed by atoms with E-state index >= 15 is 0 Å². The van der Waals surface area contributed by atoms with Crippen LogP contribution in [0.4, 0.5) is 30.9 Å². The molecule has 0 spiro atoms. The van der Waals surface area contributed by atoms with Crippen LogP contribution >= 0.6 is 0 Å². The summed E-state index contributed by atoms with van der Waals surface area (Å²) >= 11 is 0. The van der Waals surface area contributed by atoms with Crippen molar-refractivity contribution in [3.63, 3.8) is 0 Å². The molecule has 2 aliphatic rings. The Bertz CT molecular complexity index is 927.